The zero-order valence-corrected chi connectivity index (χ0v) is 13.1. The van der Waals surface area contributed by atoms with Crippen LogP contribution in [-0.2, 0) is 6.54 Å². The standard InChI is InChI=1S/C16H13ClFN3S/c17-16-20-10-11(22-16)9-19-14-7-3-4-8-15(14)21-13-6-2-1-5-12(13)18/h1-8,10,19,21H,9H2. The summed E-state index contributed by atoms with van der Waals surface area (Å²) >= 11 is 7.25. The van der Waals surface area contributed by atoms with Crippen molar-refractivity contribution in [3.05, 3.63) is 69.9 Å². The van der Waals surface area contributed by atoms with Gasteiger partial charge < -0.3 is 10.6 Å². The number of halogens is 2. The van der Waals surface area contributed by atoms with Crippen LogP contribution in [0.2, 0.25) is 4.47 Å². The van der Waals surface area contributed by atoms with Gasteiger partial charge in [-0.15, -0.1) is 11.3 Å². The number of aromatic nitrogens is 1. The average molecular weight is 334 g/mol. The zero-order chi connectivity index (χ0) is 15.4. The highest BCUT2D eigenvalue weighted by Gasteiger charge is 2.06. The molecule has 0 atom stereocenters. The van der Waals surface area contributed by atoms with Gasteiger partial charge in [-0.3, -0.25) is 0 Å². The topological polar surface area (TPSA) is 37.0 Å². The summed E-state index contributed by atoms with van der Waals surface area (Å²) in [6, 6.07) is 14.2. The molecular weight excluding hydrogens is 321 g/mol. The molecule has 0 saturated carbocycles. The number of hydrogen-bond donors (Lipinski definition) is 2. The summed E-state index contributed by atoms with van der Waals surface area (Å²) in [6.07, 6.45) is 1.74. The van der Waals surface area contributed by atoms with Crippen molar-refractivity contribution >= 4 is 40.0 Å². The van der Waals surface area contributed by atoms with E-state index in [2.05, 4.69) is 15.6 Å². The predicted octanol–water partition coefficient (Wildman–Crippen LogP) is 5.29. The maximum Gasteiger partial charge on any atom is 0.183 e. The van der Waals surface area contributed by atoms with Gasteiger partial charge in [-0.1, -0.05) is 35.9 Å². The average Bonchev–Trinajstić information content (AvgIpc) is 2.94. The maximum absolute atomic E-state index is 13.8. The summed E-state index contributed by atoms with van der Waals surface area (Å²) in [5.74, 6) is -0.286. The van der Waals surface area contributed by atoms with Gasteiger partial charge in [0.05, 0.1) is 23.6 Å². The van der Waals surface area contributed by atoms with Gasteiger partial charge in [-0.2, -0.15) is 0 Å². The number of para-hydroxylation sites is 3. The van der Waals surface area contributed by atoms with Crippen molar-refractivity contribution in [2.45, 2.75) is 6.54 Å². The van der Waals surface area contributed by atoms with Crippen molar-refractivity contribution in [3.8, 4) is 0 Å². The molecule has 0 radical (unpaired) electrons. The van der Waals surface area contributed by atoms with Crippen LogP contribution < -0.4 is 10.6 Å². The van der Waals surface area contributed by atoms with Crippen molar-refractivity contribution in [1.29, 1.82) is 0 Å². The fourth-order valence-corrected chi connectivity index (χ4v) is 2.92. The van der Waals surface area contributed by atoms with Gasteiger partial charge in [0, 0.05) is 11.1 Å². The summed E-state index contributed by atoms with van der Waals surface area (Å²) < 4.78 is 14.3. The number of thiazole rings is 1. The first-order valence-corrected chi connectivity index (χ1v) is 7.86. The van der Waals surface area contributed by atoms with Gasteiger partial charge >= 0.3 is 0 Å². The highest BCUT2D eigenvalue weighted by Crippen LogP contribution is 2.27. The SMILES string of the molecule is Fc1ccccc1Nc1ccccc1NCc1cnc(Cl)s1. The van der Waals surface area contributed by atoms with Crippen LogP contribution in [0.25, 0.3) is 0 Å². The minimum absolute atomic E-state index is 0.286. The highest BCUT2D eigenvalue weighted by atomic mass is 35.5. The number of anilines is 3. The molecule has 0 saturated heterocycles. The van der Waals surface area contributed by atoms with E-state index in [9.17, 15) is 4.39 Å². The van der Waals surface area contributed by atoms with Gasteiger partial charge in [0.1, 0.15) is 5.82 Å². The Kier molecular flexibility index (Phi) is 4.56. The van der Waals surface area contributed by atoms with Crippen LogP contribution in [0.1, 0.15) is 4.88 Å². The molecule has 6 heteroatoms. The van der Waals surface area contributed by atoms with Crippen molar-refractivity contribution in [3.63, 3.8) is 0 Å². The molecule has 2 N–H and O–H groups in total. The van der Waals surface area contributed by atoms with Crippen LogP contribution in [-0.4, -0.2) is 4.98 Å². The number of nitrogens with one attached hydrogen (secondary N) is 2. The van der Waals surface area contributed by atoms with Crippen LogP contribution >= 0.6 is 22.9 Å². The number of rotatable bonds is 5. The molecule has 3 rings (SSSR count). The fraction of sp³-hybridized carbons (Fsp3) is 0.0625. The lowest BCUT2D eigenvalue weighted by Crippen LogP contribution is -2.02. The van der Waals surface area contributed by atoms with Crippen molar-refractivity contribution in [2.24, 2.45) is 0 Å². The highest BCUT2D eigenvalue weighted by molar-refractivity contribution is 7.15. The lowest BCUT2D eigenvalue weighted by atomic mass is 10.2. The Morgan fingerprint density at radius 3 is 2.36 bits per heavy atom. The summed E-state index contributed by atoms with van der Waals surface area (Å²) in [5.41, 5.74) is 2.14. The van der Waals surface area contributed by atoms with Gasteiger partial charge in [-0.25, -0.2) is 9.37 Å². The van der Waals surface area contributed by atoms with Crippen LogP contribution in [0.15, 0.2) is 54.7 Å². The molecule has 1 aromatic heterocycles. The van der Waals surface area contributed by atoms with Crippen LogP contribution in [0.3, 0.4) is 0 Å². The van der Waals surface area contributed by atoms with Crippen molar-refractivity contribution in [1.82, 2.24) is 4.98 Å². The maximum atomic E-state index is 13.8. The minimum Gasteiger partial charge on any atom is -0.378 e. The molecule has 1 heterocycles. The Morgan fingerprint density at radius 2 is 1.68 bits per heavy atom. The van der Waals surface area contributed by atoms with E-state index < -0.39 is 0 Å². The molecule has 3 nitrogen and oxygen atoms in total. The minimum atomic E-state index is -0.286. The van der Waals surface area contributed by atoms with E-state index in [-0.39, 0.29) is 5.82 Å². The molecule has 0 spiro atoms. The summed E-state index contributed by atoms with van der Waals surface area (Å²) in [6.45, 7) is 0.611. The summed E-state index contributed by atoms with van der Waals surface area (Å²) in [5, 5.41) is 6.42. The number of nitrogens with zero attached hydrogens (tertiary/aromatic N) is 1. The van der Waals surface area contributed by atoms with Gasteiger partial charge in [-0.05, 0) is 24.3 Å². The van der Waals surface area contributed by atoms with Gasteiger partial charge in [0.15, 0.2) is 4.47 Å². The molecule has 22 heavy (non-hydrogen) atoms. The quantitative estimate of drug-likeness (QED) is 0.666. The number of benzene rings is 2. The van der Waals surface area contributed by atoms with Gasteiger partial charge in [0.2, 0.25) is 0 Å². The second-order valence-corrected chi connectivity index (χ2v) is 6.28. The Balaban J connectivity index is 1.76. The summed E-state index contributed by atoms with van der Waals surface area (Å²) in [4.78, 5) is 5.04. The first kappa shape index (κ1) is 14.8. The molecular formula is C16H13ClFN3S. The smallest absolute Gasteiger partial charge is 0.183 e. The van der Waals surface area contributed by atoms with Crippen LogP contribution in [0, 0.1) is 5.82 Å². The summed E-state index contributed by atoms with van der Waals surface area (Å²) in [7, 11) is 0. The second-order valence-electron chi connectivity index (χ2n) is 4.58. The lowest BCUT2D eigenvalue weighted by Gasteiger charge is -2.13. The van der Waals surface area contributed by atoms with Crippen molar-refractivity contribution in [2.75, 3.05) is 10.6 Å². The van der Waals surface area contributed by atoms with Crippen molar-refractivity contribution < 1.29 is 4.39 Å². The first-order chi connectivity index (χ1) is 10.7. The molecule has 0 unspecified atom stereocenters. The molecule has 0 aliphatic carbocycles. The van der Waals surface area contributed by atoms with E-state index in [4.69, 9.17) is 11.6 Å². The molecule has 2 aromatic carbocycles. The van der Waals surface area contributed by atoms with E-state index in [1.54, 1.807) is 24.4 Å². The Labute approximate surface area is 136 Å². The molecule has 0 amide bonds. The Hall–Kier alpha value is -2.11. The molecule has 0 bridgehead atoms. The molecule has 3 aromatic rings. The molecule has 112 valence electrons. The van der Waals surface area contributed by atoms with Gasteiger partial charge in [0.25, 0.3) is 0 Å². The van der Waals surface area contributed by atoms with E-state index in [1.807, 2.05) is 24.3 Å². The predicted molar refractivity (Wildman–Crippen MR) is 90.6 cm³/mol. The first-order valence-electron chi connectivity index (χ1n) is 6.67. The third kappa shape index (κ3) is 3.55. The monoisotopic (exact) mass is 333 g/mol. The van der Waals surface area contributed by atoms with E-state index >= 15 is 0 Å². The number of hydrogen-bond acceptors (Lipinski definition) is 4. The third-order valence-electron chi connectivity index (χ3n) is 3.05. The molecule has 0 aliphatic heterocycles. The van der Waals surface area contributed by atoms with E-state index in [0.717, 1.165) is 16.3 Å². The normalized spacial score (nSPS) is 10.5. The van der Waals surface area contributed by atoms with Crippen LogP contribution in [0.5, 0.6) is 0 Å². The Morgan fingerprint density at radius 1 is 1.00 bits per heavy atom. The molecule has 0 fully saturated rings. The largest absolute Gasteiger partial charge is 0.378 e. The molecule has 0 aliphatic rings. The lowest BCUT2D eigenvalue weighted by molar-refractivity contribution is 0.632. The zero-order valence-electron chi connectivity index (χ0n) is 11.5. The fourth-order valence-electron chi connectivity index (χ4n) is 2.00. The van der Waals surface area contributed by atoms with Crippen LogP contribution in [0.4, 0.5) is 21.5 Å². The Bertz CT molecular complexity index is 775. The van der Waals surface area contributed by atoms with E-state index in [1.165, 1.54) is 17.4 Å². The van der Waals surface area contributed by atoms with E-state index in [0.29, 0.717) is 16.7 Å². The second kappa shape index (κ2) is 6.77. The third-order valence-corrected chi connectivity index (χ3v) is 4.16.